The van der Waals surface area contributed by atoms with Crippen molar-refractivity contribution in [2.24, 2.45) is 5.73 Å². The first-order valence-corrected chi connectivity index (χ1v) is 6.18. The lowest BCUT2D eigenvalue weighted by Gasteiger charge is -2.04. The maximum absolute atomic E-state index is 10.2. The van der Waals surface area contributed by atoms with Crippen LogP contribution in [-0.2, 0) is 9.59 Å². The van der Waals surface area contributed by atoms with Gasteiger partial charge in [-0.2, -0.15) is 0 Å². The van der Waals surface area contributed by atoms with Crippen LogP contribution in [-0.4, -0.2) is 45.9 Å². The normalized spacial score (nSPS) is 15.6. The number of amides is 3. The Kier molecular flexibility index (Phi) is 8.47. The van der Waals surface area contributed by atoms with E-state index in [2.05, 4.69) is 12.2 Å². The fourth-order valence-electron chi connectivity index (χ4n) is 1.33. The molecular formula is C11H21N3O5. The molecule has 0 spiro atoms. The van der Waals surface area contributed by atoms with Crippen molar-refractivity contribution in [3.05, 3.63) is 0 Å². The largest absolute Gasteiger partial charge is 0.480 e. The van der Waals surface area contributed by atoms with Crippen molar-refractivity contribution < 1.29 is 24.7 Å². The Morgan fingerprint density at radius 1 is 1.42 bits per heavy atom. The van der Waals surface area contributed by atoms with Crippen molar-refractivity contribution in [2.45, 2.75) is 45.1 Å². The number of unbranched alkanes of at least 4 members (excludes halogenated alkanes) is 3. The van der Waals surface area contributed by atoms with Crippen LogP contribution in [0.4, 0.5) is 4.79 Å². The van der Waals surface area contributed by atoms with Gasteiger partial charge in [0.2, 0.25) is 0 Å². The molecule has 1 atom stereocenters. The van der Waals surface area contributed by atoms with Crippen molar-refractivity contribution in [3.63, 3.8) is 0 Å². The number of imide groups is 1. The molecule has 110 valence electrons. The zero-order chi connectivity index (χ0) is 14.8. The molecule has 1 rings (SSSR count). The third-order valence-electron chi connectivity index (χ3n) is 2.51. The van der Waals surface area contributed by atoms with Crippen LogP contribution in [0.3, 0.4) is 0 Å². The molecule has 1 saturated heterocycles. The average molecular weight is 275 g/mol. The van der Waals surface area contributed by atoms with Crippen LogP contribution in [0.5, 0.6) is 0 Å². The maximum atomic E-state index is 10.2. The van der Waals surface area contributed by atoms with Crippen LogP contribution in [0.2, 0.25) is 0 Å². The molecule has 1 heterocycles. The van der Waals surface area contributed by atoms with E-state index in [4.69, 9.17) is 16.0 Å². The van der Waals surface area contributed by atoms with Crippen LogP contribution in [0, 0.1) is 0 Å². The molecule has 0 radical (unpaired) electrons. The smallest absolute Gasteiger partial charge is 0.349 e. The molecule has 19 heavy (non-hydrogen) atoms. The molecule has 0 aromatic rings. The molecule has 3 amide bonds. The summed E-state index contributed by atoms with van der Waals surface area (Å²) in [5.41, 5.74) is 5.30. The molecule has 8 heteroatoms. The van der Waals surface area contributed by atoms with Gasteiger partial charge in [0.25, 0.3) is 5.91 Å². The summed E-state index contributed by atoms with van der Waals surface area (Å²) >= 11 is 0. The van der Waals surface area contributed by atoms with Gasteiger partial charge in [-0.05, 0) is 6.42 Å². The number of nitrogens with two attached hydrogens (primary N) is 1. The number of nitrogens with zero attached hydrogens (tertiary/aromatic N) is 1. The number of hydrogen-bond acceptors (Lipinski definition) is 5. The lowest BCUT2D eigenvalue weighted by atomic mass is 10.1. The van der Waals surface area contributed by atoms with Crippen molar-refractivity contribution in [2.75, 3.05) is 6.54 Å². The van der Waals surface area contributed by atoms with Gasteiger partial charge in [0.1, 0.15) is 12.6 Å². The highest BCUT2D eigenvalue weighted by atomic mass is 16.5. The van der Waals surface area contributed by atoms with E-state index in [1.165, 1.54) is 12.8 Å². The maximum Gasteiger partial charge on any atom is 0.349 e. The molecule has 0 aromatic heterocycles. The van der Waals surface area contributed by atoms with Gasteiger partial charge < -0.3 is 16.2 Å². The molecule has 8 nitrogen and oxygen atoms in total. The van der Waals surface area contributed by atoms with Gasteiger partial charge in [0.05, 0.1) is 0 Å². The Bertz CT molecular complexity index is 305. The van der Waals surface area contributed by atoms with Gasteiger partial charge in [-0.3, -0.25) is 14.8 Å². The van der Waals surface area contributed by atoms with E-state index in [1.807, 2.05) is 0 Å². The SMILES string of the molecule is CCCCCCC(N)C(=O)O.O=C1CNC(=O)N1O. The quantitative estimate of drug-likeness (QED) is 0.313. The highest BCUT2D eigenvalue weighted by molar-refractivity contribution is 6.00. The first-order chi connectivity index (χ1) is 8.90. The van der Waals surface area contributed by atoms with Gasteiger partial charge in [0, 0.05) is 0 Å². The number of urea groups is 1. The second kappa shape index (κ2) is 9.29. The summed E-state index contributed by atoms with van der Waals surface area (Å²) in [6, 6.07) is -1.41. The fraction of sp³-hybridized carbons (Fsp3) is 0.727. The van der Waals surface area contributed by atoms with Crippen LogP contribution in [0.15, 0.2) is 0 Å². The summed E-state index contributed by atoms with van der Waals surface area (Å²) < 4.78 is 0. The van der Waals surface area contributed by atoms with Crippen molar-refractivity contribution in [3.8, 4) is 0 Å². The third-order valence-corrected chi connectivity index (χ3v) is 2.51. The van der Waals surface area contributed by atoms with Gasteiger partial charge in [-0.25, -0.2) is 4.79 Å². The van der Waals surface area contributed by atoms with Crippen LogP contribution < -0.4 is 11.1 Å². The van der Waals surface area contributed by atoms with E-state index in [0.717, 1.165) is 12.8 Å². The number of hydrogen-bond donors (Lipinski definition) is 4. The van der Waals surface area contributed by atoms with Crippen molar-refractivity contribution in [1.29, 1.82) is 0 Å². The molecule has 1 aliphatic rings. The van der Waals surface area contributed by atoms with Crippen molar-refractivity contribution >= 4 is 17.9 Å². The molecule has 0 bridgehead atoms. The number of nitrogens with one attached hydrogen (secondary N) is 1. The first kappa shape index (κ1) is 17.3. The molecule has 5 N–H and O–H groups in total. The van der Waals surface area contributed by atoms with E-state index < -0.39 is 23.9 Å². The number of carbonyl (C=O) groups excluding carboxylic acids is 2. The minimum Gasteiger partial charge on any atom is -0.480 e. The Morgan fingerprint density at radius 2 is 2.05 bits per heavy atom. The third kappa shape index (κ3) is 7.37. The van der Waals surface area contributed by atoms with Gasteiger partial charge in [0.15, 0.2) is 0 Å². The van der Waals surface area contributed by atoms with Gasteiger partial charge >= 0.3 is 12.0 Å². The summed E-state index contributed by atoms with van der Waals surface area (Å²) in [5, 5.41) is 18.9. The molecule has 1 aliphatic heterocycles. The summed E-state index contributed by atoms with van der Waals surface area (Å²) in [6.45, 7) is 2.02. The minimum absolute atomic E-state index is 0.0556. The predicted molar refractivity (Wildman–Crippen MR) is 66.4 cm³/mol. The Balaban J connectivity index is 0.000000356. The average Bonchev–Trinajstić information content (AvgIpc) is 2.66. The zero-order valence-electron chi connectivity index (χ0n) is 11.0. The lowest BCUT2D eigenvalue weighted by Crippen LogP contribution is -2.29. The number of rotatable bonds is 6. The number of carboxylic acid groups (broad SMARTS) is 1. The Morgan fingerprint density at radius 3 is 2.37 bits per heavy atom. The number of hydroxylamine groups is 2. The van der Waals surface area contributed by atoms with E-state index in [-0.39, 0.29) is 11.6 Å². The molecule has 1 unspecified atom stereocenters. The Labute approximate surface area is 111 Å². The van der Waals surface area contributed by atoms with E-state index in [9.17, 15) is 14.4 Å². The van der Waals surface area contributed by atoms with Crippen LogP contribution in [0.25, 0.3) is 0 Å². The van der Waals surface area contributed by atoms with Crippen LogP contribution in [0.1, 0.15) is 39.0 Å². The predicted octanol–water partition coefficient (Wildman–Crippen LogP) is 0.296. The van der Waals surface area contributed by atoms with Gasteiger partial charge in [-0.15, -0.1) is 5.06 Å². The molecule has 0 saturated carbocycles. The van der Waals surface area contributed by atoms with Crippen LogP contribution >= 0.6 is 0 Å². The minimum atomic E-state index is -0.888. The van der Waals surface area contributed by atoms with E-state index in [1.54, 1.807) is 0 Å². The zero-order valence-corrected chi connectivity index (χ0v) is 11.0. The molecule has 0 aliphatic carbocycles. The lowest BCUT2D eigenvalue weighted by molar-refractivity contribution is -0.146. The molecule has 1 fully saturated rings. The van der Waals surface area contributed by atoms with Gasteiger partial charge in [-0.1, -0.05) is 32.6 Å². The summed E-state index contributed by atoms with van der Waals surface area (Å²) in [6.07, 6.45) is 4.97. The number of carbonyl (C=O) groups is 3. The second-order valence-corrected chi connectivity index (χ2v) is 4.16. The second-order valence-electron chi connectivity index (χ2n) is 4.16. The standard InChI is InChI=1S/C8H17NO2.C3H4N2O3/c1-2-3-4-5-6-7(9)8(10)11;6-2-1-4-3(7)5(2)8/h7H,2-6,9H2,1H3,(H,10,11);8H,1H2,(H,4,7). The number of carboxylic acids is 1. The summed E-state index contributed by atoms with van der Waals surface area (Å²) in [7, 11) is 0. The first-order valence-electron chi connectivity index (χ1n) is 6.18. The summed E-state index contributed by atoms with van der Waals surface area (Å²) in [5.74, 6) is -1.50. The highest BCUT2D eigenvalue weighted by Crippen LogP contribution is 2.03. The topological polar surface area (TPSA) is 133 Å². The number of aliphatic carboxylic acids is 1. The fourth-order valence-corrected chi connectivity index (χ4v) is 1.33. The van der Waals surface area contributed by atoms with E-state index >= 15 is 0 Å². The highest BCUT2D eigenvalue weighted by Gasteiger charge is 2.26. The van der Waals surface area contributed by atoms with Crippen molar-refractivity contribution in [1.82, 2.24) is 10.4 Å². The monoisotopic (exact) mass is 275 g/mol. The summed E-state index contributed by atoms with van der Waals surface area (Å²) in [4.78, 5) is 30.5. The molecular weight excluding hydrogens is 254 g/mol. The molecule has 0 aromatic carbocycles. The van der Waals surface area contributed by atoms with E-state index in [0.29, 0.717) is 6.42 Å². The Hall–Kier alpha value is -1.67.